The number of likely N-dealkylation sites (N-methyl/N-ethyl adjacent to an activating group) is 1. The Labute approximate surface area is 171 Å². The minimum atomic E-state index is -0.536. The molecule has 1 N–H and O–H groups in total. The molecule has 0 bridgehead atoms. The molecule has 6 nitrogen and oxygen atoms in total. The molecule has 0 unspecified atom stereocenters. The summed E-state index contributed by atoms with van der Waals surface area (Å²) >= 11 is 0. The molecule has 1 aromatic rings. The first-order valence-electron chi connectivity index (χ1n) is 10.4. The number of likely N-dealkylation sites (tertiary alicyclic amines) is 1. The van der Waals surface area contributed by atoms with Crippen molar-refractivity contribution in [3.05, 3.63) is 23.8 Å². The van der Waals surface area contributed by atoms with Crippen LogP contribution in [0.1, 0.15) is 32.3 Å². The Morgan fingerprint density at radius 2 is 1.82 bits per heavy atom. The van der Waals surface area contributed by atoms with Gasteiger partial charge in [0.1, 0.15) is 12.7 Å². The van der Waals surface area contributed by atoms with Gasteiger partial charge in [0.2, 0.25) is 0 Å². The van der Waals surface area contributed by atoms with Gasteiger partial charge in [0.05, 0.1) is 7.11 Å². The van der Waals surface area contributed by atoms with Crippen molar-refractivity contribution in [2.75, 3.05) is 54.5 Å². The van der Waals surface area contributed by atoms with Crippen LogP contribution in [0.5, 0.6) is 11.5 Å². The van der Waals surface area contributed by atoms with Crippen LogP contribution in [0, 0.1) is 0 Å². The van der Waals surface area contributed by atoms with E-state index in [1.54, 1.807) is 7.11 Å². The van der Waals surface area contributed by atoms with Crippen LogP contribution < -0.4 is 9.47 Å². The summed E-state index contributed by atoms with van der Waals surface area (Å²) in [7, 11) is 7.99. The number of hydrogen-bond acceptors (Lipinski definition) is 6. The van der Waals surface area contributed by atoms with Crippen molar-refractivity contribution in [3.8, 4) is 11.5 Å². The molecule has 1 fully saturated rings. The monoisotopic (exact) mass is 393 g/mol. The van der Waals surface area contributed by atoms with Crippen molar-refractivity contribution in [1.82, 2.24) is 14.7 Å². The number of rotatable bonds is 10. The molecule has 2 rings (SSSR count). The van der Waals surface area contributed by atoms with E-state index in [0.717, 1.165) is 19.6 Å². The molecule has 0 radical (unpaired) electrons. The molecular weight excluding hydrogens is 354 g/mol. The Hall–Kier alpha value is -1.34. The lowest BCUT2D eigenvalue weighted by molar-refractivity contribution is 0.0667. The van der Waals surface area contributed by atoms with Crippen LogP contribution >= 0.6 is 0 Å². The van der Waals surface area contributed by atoms with E-state index in [2.05, 4.69) is 54.8 Å². The lowest BCUT2D eigenvalue weighted by Crippen LogP contribution is -2.41. The smallest absolute Gasteiger partial charge is 0.161 e. The van der Waals surface area contributed by atoms with Gasteiger partial charge in [-0.2, -0.15) is 0 Å². The van der Waals surface area contributed by atoms with E-state index in [9.17, 15) is 5.11 Å². The molecule has 0 amide bonds. The standard InChI is InChI=1S/C22H39N3O3/c1-17(2)24(5)15-20(26)16-28-22-13-18(7-8-21(22)27-6)14-25-11-9-19(10-12-25)23(3)4/h7-8,13,17,19-20,26H,9-12,14-16H2,1-6H3/t20-/m1/s1. The van der Waals surface area contributed by atoms with Crippen molar-refractivity contribution in [2.45, 2.75) is 51.4 Å². The number of ether oxygens (including phenoxy) is 2. The summed E-state index contributed by atoms with van der Waals surface area (Å²) in [5.74, 6) is 1.41. The summed E-state index contributed by atoms with van der Waals surface area (Å²) in [4.78, 5) is 6.94. The Balaban J connectivity index is 1.92. The van der Waals surface area contributed by atoms with Crippen LogP contribution in [0.25, 0.3) is 0 Å². The van der Waals surface area contributed by atoms with Gasteiger partial charge in [0.25, 0.3) is 0 Å². The average molecular weight is 394 g/mol. The van der Waals surface area contributed by atoms with Gasteiger partial charge in [-0.25, -0.2) is 0 Å². The molecule has 0 aliphatic carbocycles. The molecule has 160 valence electrons. The van der Waals surface area contributed by atoms with Crippen molar-refractivity contribution in [3.63, 3.8) is 0 Å². The first kappa shape index (κ1) is 22.9. The first-order valence-corrected chi connectivity index (χ1v) is 10.4. The predicted octanol–water partition coefficient (Wildman–Crippen LogP) is 2.30. The number of nitrogens with zero attached hydrogens (tertiary/aromatic N) is 3. The minimum Gasteiger partial charge on any atom is -0.493 e. The molecule has 1 aromatic carbocycles. The zero-order chi connectivity index (χ0) is 20.7. The van der Waals surface area contributed by atoms with Gasteiger partial charge >= 0.3 is 0 Å². The van der Waals surface area contributed by atoms with Crippen molar-refractivity contribution >= 4 is 0 Å². The van der Waals surface area contributed by atoms with Gasteiger partial charge < -0.3 is 24.4 Å². The number of benzene rings is 1. The average Bonchev–Trinajstić information content (AvgIpc) is 2.66. The molecule has 1 atom stereocenters. The zero-order valence-electron chi connectivity index (χ0n) is 18.5. The number of piperidine rings is 1. The molecule has 28 heavy (non-hydrogen) atoms. The molecule has 1 aliphatic rings. The maximum atomic E-state index is 10.3. The SMILES string of the molecule is COc1ccc(CN2CCC(N(C)C)CC2)cc1OC[C@H](O)CN(C)C(C)C. The third kappa shape index (κ3) is 6.92. The highest BCUT2D eigenvalue weighted by Crippen LogP contribution is 2.29. The molecule has 6 heteroatoms. The van der Waals surface area contributed by atoms with Crippen LogP contribution in [0.2, 0.25) is 0 Å². The van der Waals surface area contributed by atoms with E-state index in [4.69, 9.17) is 9.47 Å². The summed E-state index contributed by atoms with van der Waals surface area (Å²) in [6.45, 7) is 8.21. The Bertz CT molecular complexity index is 586. The largest absolute Gasteiger partial charge is 0.493 e. The number of methoxy groups -OCH3 is 1. The second kappa shape index (κ2) is 11.0. The topological polar surface area (TPSA) is 48.4 Å². The lowest BCUT2D eigenvalue weighted by atomic mass is 10.0. The summed E-state index contributed by atoms with van der Waals surface area (Å²) < 4.78 is 11.4. The van der Waals surface area contributed by atoms with Crippen LogP contribution in [0.4, 0.5) is 0 Å². The quantitative estimate of drug-likeness (QED) is 0.658. The lowest BCUT2D eigenvalue weighted by Gasteiger charge is -2.35. The van der Waals surface area contributed by atoms with Crippen molar-refractivity contribution in [2.24, 2.45) is 0 Å². The Morgan fingerprint density at radius 1 is 1.14 bits per heavy atom. The third-order valence-corrected chi connectivity index (χ3v) is 5.73. The van der Waals surface area contributed by atoms with E-state index in [-0.39, 0.29) is 6.61 Å². The molecular formula is C22H39N3O3. The molecule has 0 spiro atoms. The second-order valence-corrected chi connectivity index (χ2v) is 8.45. The summed E-state index contributed by atoms with van der Waals surface area (Å²) in [5.41, 5.74) is 1.22. The Kier molecular flexibility index (Phi) is 9.02. The van der Waals surface area contributed by atoms with E-state index >= 15 is 0 Å². The molecule has 1 aliphatic heterocycles. The third-order valence-electron chi connectivity index (χ3n) is 5.73. The number of aliphatic hydroxyl groups excluding tert-OH is 1. The fourth-order valence-corrected chi connectivity index (χ4v) is 3.57. The first-order chi connectivity index (χ1) is 13.3. The van der Waals surface area contributed by atoms with Gasteiger partial charge in [0.15, 0.2) is 11.5 Å². The van der Waals surface area contributed by atoms with Crippen LogP contribution in [0.15, 0.2) is 18.2 Å². The van der Waals surface area contributed by atoms with Gasteiger partial charge in [-0.15, -0.1) is 0 Å². The highest BCUT2D eigenvalue weighted by atomic mass is 16.5. The van der Waals surface area contributed by atoms with Gasteiger partial charge in [-0.3, -0.25) is 4.90 Å². The van der Waals surface area contributed by atoms with E-state index in [0.29, 0.717) is 30.1 Å². The minimum absolute atomic E-state index is 0.255. The van der Waals surface area contributed by atoms with E-state index in [1.807, 2.05) is 13.1 Å². The predicted molar refractivity (Wildman–Crippen MR) is 114 cm³/mol. The maximum Gasteiger partial charge on any atom is 0.161 e. The van der Waals surface area contributed by atoms with Gasteiger partial charge in [-0.05, 0) is 78.6 Å². The van der Waals surface area contributed by atoms with Crippen molar-refractivity contribution < 1.29 is 14.6 Å². The highest BCUT2D eigenvalue weighted by molar-refractivity contribution is 5.43. The van der Waals surface area contributed by atoms with Crippen LogP contribution in [0.3, 0.4) is 0 Å². The van der Waals surface area contributed by atoms with Crippen molar-refractivity contribution in [1.29, 1.82) is 0 Å². The maximum absolute atomic E-state index is 10.3. The number of aliphatic hydroxyl groups is 1. The fourth-order valence-electron chi connectivity index (χ4n) is 3.57. The van der Waals surface area contributed by atoms with E-state index < -0.39 is 6.10 Å². The van der Waals surface area contributed by atoms with Gasteiger partial charge in [-0.1, -0.05) is 6.07 Å². The fraction of sp³-hybridized carbons (Fsp3) is 0.727. The van der Waals surface area contributed by atoms with E-state index in [1.165, 1.54) is 18.4 Å². The van der Waals surface area contributed by atoms with Gasteiger partial charge in [0, 0.05) is 25.2 Å². The number of hydrogen-bond donors (Lipinski definition) is 1. The normalized spacial score (nSPS) is 17.5. The summed E-state index contributed by atoms with van der Waals surface area (Å²) in [6, 6.07) is 7.20. The molecule has 0 aromatic heterocycles. The molecule has 0 saturated carbocycles. The zero-order valence-corrected chi connectivity index (χ0v) is 18.5. The summed E-state index contributed by atoms with van der Waals surface area (Å²) in [6.07, 6.45) is 1.88. The molecule has 1 heterocycles. The summed E-state index contributed by atoms with van der Waals surface area (Å²) in [5, 5.41) is 10.3. The highest BCUT2D eigenvalue weighted by Gasteiger charge is 2.21. The molecule has 1 saturated heterocycles. The van der Waals surface area contributed by atoms with Crippen LogP contribution in [-0.2, 0) is 6.54 Å². The Morgan fingerprint density at radius 3 is 2.39 bits per heavy atom. The second-order valence-electron chi connectivity index (χ2n) is 8.45. The van der Waals surface area contributed by atoms with Crippen LogP contribution in [-0.4, -0.2) is 92.5 Å².